The Balaban J connectivity index is 2.25. The topological polar surface area (TPSA) is 33.6 Å². The van der Waals surface area contributed by atoms with Crippen LogP contribution in [0.2, 0.25) is 0 Å². The first kappa shape index (κ1) is 11.6. The van der Waals surface area contributed by atoms with Crippen molar-refractivity contribution in [1.29, 1.82) is 0 Å². The number of H-pyrrole nitrogens is 1. The second-order valence-corrected chi connectivity index (χ2v) is 6.26. The van der Waals surface area contributed by atoms with E-state index >= 15 is 0 Å². The minimum atomic E-state index is 0.819. The molecule has 0 saturated heterocycles. The third kappa shape index (κ3) is 1.71. The van der Waals surface area contributed by atoms with Crippen LogP contribution in [0.15, 0.2) is 18.2 Å². The van der Waals surface area contributed by atoms with Gasteiger partial charge in [-0.15, -0.1) is 11.3 Å². The van der Waals surface area contributed by atoms with Gasteiger partial charge in [0.2, 0.25) is 0 Å². The summed E-state index contributed by atoms with van der Waals surface area (Å²) in [6.07, 6.45) is 0. The standard InChI is InChI=1S/C13H13N3S2/c1-7-12(15-13(17)18-7)9-4-5-11-10(6-9)14-8(2)16(11)3/h4-6H,1-3H3,(H,15,17). The maximum Gasteiger partial charge on any atom is 0.159 e. The van der Waals surface area contributed by atoms with E-state index < -0.39 is 0 Å². The Bertz CT molecular complexity index is 792. The largest absolute Gasteiger partial charge is 0.337 e. The number of benzene rings is 1. The lowest BCUT2D eigenvalue weighted by Gasteiger charge is -2.01. The van der Waals surface area contributed by atoms with Crippen LogP contribution in [0.4, 0.5) is 0 Å². The van der Waals surface area contributed by atoms with Crippen molar-refractivity contribution in [3.63, 3.8) is 0 Å². The molecule has 0 fully saturated rings. The number of nitrogens with one attached hydrogen (secondary N) is 1. The molecule has 0 aliphatic rings. The van der Waals surface area contributed by atoms with Crippen molar-refractivity contribution in [3.8, 4) is 11.3 Å². The molecule has 3 aromatic rings. The zero-order valence-corrected chi connectivity index (χ0v) is 12.1. The third-order valence-electron chi connectivity index (χ3n) is 3.22. The number of aryl methyl sites for hydroxylation is 3. The van der Waals surface area contributed by atoms with Crippen molar-refractivity contribution < 1.29 is 0 Å². The van der Waals surface area contributed by atoms with Gasteiger partial charge >= 0.3 is 0 Å². The molecule has 0 saturated carbocycles. The van der Waals surface area contributed by atoms with E-state index in [9.17, 15) is 0 Å². The number of hydrogen-bond acceptors (Lipinski definition) is 3. The van der Waals surface area contributed by atoms with Crippen LogP contribution in [0.25, 0.3) is 22.3 Å². The Morgan fingerprint density at radius 1 is 1.33 bits per heavy atom. The number of aromatic nitrogens is 3. The third-order valence-corrected chi connectivity index (χ3v) is 4.37. The van der Waals surface area contributed by atoms with E-state index in [1.807, 2.05) is 14.0 Å². The number of fused-ring (bicyclic) bond motifs is 1. The van der Waals surface area contributed by atoms with Crippen LogP contribution < -0.4 is 0 Å². The van der Waals surface area contributed by atoms with E-state index in [1.54, 1.807) is 11.3 Å². The van der Waals surface area contributed by atoms with Gasteiger partial charge in [0.1, 0.15) is 5.82 Å². The Kier molecular flexibility index (Phi) is 2.60. The number of nitrogens with zero attached hydrogens (tertiary/aromatic N) is 2. The van der Waals surface area contributed by atoms with Crippen molar-refractivity contribution in [1.82, 2.24) is 14.5 Å². The summed E-state index contributed by atoms with van der Waals surface area (Å²) in [5.74, 6) is 1.03. The van der Waals surface area contributed by atoms with Gasteiger partial charge < -0.3 is 9.55 Å². The highest BCUT2D eigenvalue weighted by Gasteiger charge is 2.09. The molecule has 0 radical (unpaired) electrons. The predicted octanol–water partition coefficient (Wildman–Crippen LogP) is 3.98. The van der Waals surface area contributed by atoms with Crippen molar-refractivity contribution >= 4 is 34.6 Å². The van der Waals surface area contributed by atoms with E-state index in [0.29, 0.717) is 0 Å². The Hall–Kier alpha value is -1.46. The van der Waals surface area contributed by atoms with E-state index in [-0.39, 0.29) is 0 Å². The van der Waals surface area contributed by atoms with Gasteiger partial charge in [-0.05, 0) is 38.2 Å². The number of hydrogen-bond donors (Lipinski definition) is 1. The lowest BCUT2D eigenvalue weighted by atomic mass is 10.1. The minimum Gasteiger partial charge on any atom is -0.337 e. The summed E-state index contributed by atoms with van der Waals surface area (Å²) in [6.45, 7) is 4.10. The maximum absolute atomic E-state index is 5.18. The fraction of sp³-hybridized carbons (Fsp3) is 0.231. The molecule has 1 N–H and O–H groups in total. The van der Waals surface area contributed by atoms with E-state index in [0.717, 1.165) is 32.1 Å². The van der Waals surface area contributed by atoms with Crippen LogP contribution in [0, 0.1) is 17.8 Å². The van der Waals surface area contributed by atoms with Gasteiger partial charge in [-0.1, -0.05) is 6.07 Å². The molecule has 0 aliphatic carbocycles. The summed E-state index contributed by atoms with van der Waals surface area (Å²) in [7, 11) is 2.04. The predicted molar refractivity (Wildman–Crippen MR) is 78.7 cm³/mol. The molecule has 3 nitrogen and oxygen atoms in total. The monoisotopic (exact) mass is 275 g/mol. The van der Waals surface area contributed by atoms with Crippen LogP contribution in [0.5, 0.6) is 0 Å². The van der Waals surface area contributed by atoms with E-state index in [4.69, 9.17) is 12.2 Å². The molecule has 5 heteroatoms. The summed E-state index contributed by atoms with van der Waals surface area (Å²) < 4.78 is 2.92. The molecule has 18 heavy (non-hydrogen) atoms. The fourth-order valence-corrected chi connectivity index (χ4v) is 3.34. The lowest BCUT2D eigenvalue weighted by molar-refractivity contribution is 0.886. The summed E-state index contributed by atoms with van der Waals surface area (Å²) >= 11 is 6.80. The average molecular weight is 275 g/mol. The SMILES string of the molecule is Cc1sc(=S)[nH]c1-c1ccc2c(c1)nc(C)n2C. The fourth-order valence-electron chi connectivity index (χ4n) is 2.16. The van der Waals surface area contributed by atoms with Gasteiger partial charge in [-0.25, -0.2) is 4.98 Å². The quantitative estimate of drug-likeness (QED) is 0.682. The average Bonchev–Trinajstić information content (AvgIpc) is 2.80. The Morgan fingerprint density at radius 2 is 2.11 bits per heavy atom. The summed E-state index contributed by atoms with van der Waals surface area (Å²) in [6, 6.07) is 6.34. The van der Waals surface area contributed by atoms with Crippen molar-refractivity contribution in [2.45, 2.75) is 13.8 Å². The van der Waals surface area contributed by atoms with Crippen LogP contribution in [-0.4, -0.2) is 14.5 Å². The van der Waals surface area contributed by atoms with Crippen LogP contribution >= 0.6 is 23.6 Å². The van der Waals surface area contributed by atoms with Crippen LogP contribution in [-0.2, 0) is 7.05 Å². The van der Waals surface area contributed by atoms with Crippen LogP contribution in [0.1, 0.15) is 10.7 Å². The second-order valence-electron chi connectivity index (χ2n) is 4.37. The molecule has 0 amide bonds. The Morgan fingerprint density at radius 3 is 2.78 bits per heavy atom. The van der Waals surface area contributed by atoms with Gasteiger partial charge in [0.05, 0.1) is 16.7 Å². The molecule has 1 aromatic carbocycles. The van der Waals surface area contributed by atoms with Gasteiger partial charge in [0, 0.05) is 17.5 Å². The van der Waals surface area contributed by atoms with Crippen molar-refractivity contribution in [3.05, 3.63) is 32.9 Å². The zero-order valence-electron chi connectivity index (χ0n) is 10.4. The molecule has 0 aliphatic heterocycles. The highest BCUT2D eigenvalue weighted by Crippen LogP contribution is 2.28. The van der Waals surface area contributed by atoms with Gasteiger partial charge in [0.15, 0.2) is 3.95 Å². The molecule has 0 bridgehead atoms. The molecule has 0 unspecified atom stereocenters. The Labute approximate surface area is 114 Å². The first-order valence-corrected chi connectivity index (χ1v) is 6.92. The molecular weight excluding hydrogens is 262 g/mol. The number of thiazole rings is 1. The van der Waals surface area contributed by atoms with Crippen molar-refractivity contribution in [2.24, 2.45) is 7.05 Å². The minimum absolute atomic E-state index is 0.819. The maximum atomic E-state index is 5.18. The first-order chi connectivity index (χ1) is 8.56. The van der Waals surface area contributed by atoms with E-state index in [2.05, 4.69) is 39.7 Å². The normalized spacial score (nSPS) is 11.3. The summed E-state index contributed by atoms with van der Waals surface area (Å²) in [4.78, 5) is 9.02. The molecule has 0 spiro atoms. The molecular formula is C13H13N3S2. The number of aromatic amines is 1. The first-order valence-electron chi connectivity index (χ1n) is 5.69. The molecule has 2 aromatic heterocycles. The molecule has 2 heterocycles. The lowest BCUT2D eigenvalue weighted by Crippen LogP contribution is -1.89. The molecule has 3 rings (SSSR count). The second kappa shape index (κ2) is 4.03. The van der Waals surface area contributed by atoms with Gasteiger partial charge in [-0.2, -0.15) is 0 Å². The number of rotatable bonds is 1. The van der Waals surface area contributed by atoms with E-state index in [1.165, 1.54) is 4.88 Å². The van der Waals surface area contributed by atoms with Gasteiger partial charge in [0.25, 0.3) is 0 Å². The van der Waals surface area contributed by atoms with Crippen LogP contribution in [0.3, 0.4) is 0 Å². The molecule has 0 atom stereocenters. The highest BCUT2D eigenvalue weighted by atomic mass is 32.1. The summed E-state index contributed by atoms with van der Waals surface area (Å²) in [5.41, 5.74) is 4.43. The van der Waals surface area contributed by atoms with Crippen molar-refractivity contribution in [2.75, 3.05) is 0 Å². The molecule has 92 valence electrons. The smallest absolute Gasteiger partial charge is 0.159 e. The zero-order chi connectivity index (χ0) is 12.9. The van der Waals surface area contributed by atoms with Gasteiger partial charge in [-0.3, -0.25) is 0 Å². The highest BCUT2D eigenvalue weighted by molar-refractivity contribution is 7.73. The number of imidazole rings is 1. The summed E-state index contributed by atoms with van der Waals surface area (Å²) in [5, 5.41) is 0.